The SMILES string of the molecule is O=C(O)[C@H]1CC=CC[C@@H]1C(=O)NCCCN1CCCC1=O. The monoisotopic (exact) mass is 294 g/mol. The topological polar surface area (TPSA) is 86.7 Å². The standard InChI is InChI=1S/C15H22N2O4/c18-13-7-3-9-17(13)10-4-8-16-14(19)11-5-1-2-6-12(11)15(20)21/h1-2,11-12H,3-10H2,(H,16,19)(H,20,21)/t11-,12-/m0/s1. The van der Waals surface area contributed by atoms with Crippen LogP contribution in [0.25, 0.3) is 0 Å². The molecule has 1 aliphatic heterocycles. The second-order valence-electron chi connectivity index (χ2n) is 5.62. The van der Waals surface area contributed by atoms with E-state index in [0.29, 0.717) is 38.8 Å². The number of nitrogens with zero attached hydrogens (tertiary/aromatic N) is 1. The summed E-state index contributed by atoms with van der Waals surface area (Å²) in [6.45, 7) is 1.95. The van der Waals surface area contributed by atoms with Gasteiger partial charge in [0.1, 0.15) is 0 Å². The second-order valence-corrected chi connectivity index (χ2v) is 5.62. The highest BCUT2D eigenvalue weighted by Crippen LogP contribution is 2.25. The Kier molecular flexibility index (Phi) is 5.36. The van der Waals surface area contributed by atoms with E-state index in [1.54, 1.807) is 0 Å². The molecule has 6 nitrogen and oxygen atoms in total. The molecule has 0 unspecified atom stereocenters. The van der Waals surface area contributed by atoms with Crippen molar-refractivity contribution in [2.75, 3.05) is 19.6 Å². The molecule has 2 N–H and O–H groups in total. The Morgan fingerprint density at radius 2 is 2.00 bits per heavy atom. The van der Waals surface area contributed by atoms with Gasteiger partial charge >= 0.3 is 5.97 Å². The summed E-state index contributed by atoms with van der Waals surface area (Å²) in [6.07, 6.45) is 6.83. The number of nitrogens with one attached hydrogen (secondary N) is 1. The fraction of sp³-hybridized carbons (Fsp3) is 0.667. The number of hydrogen-bond acceptors (Lipinski definition) is 3. The Morgan fingerprint density at radius 1 is 1.29 bits per heavy atom. The molecule has 1 heterocycles. The third-order valence-corrected chi connectivity index (χ3v) is 4.16. The van der Waals surface area contributed by atoms with Crippen molar-refractivity contribution in [2.45, 2.75) is 32.1 Å². The van der Waals surface area contributed by atoms with Crippen LogP contribution in [0.4, 0.5) is 0 Å². The maximum absolute atomic E-state index is 12.1. The van der Waals surface area contributed by atoms with Crippen molar-refractivity contribution in [1.82, 2.24) is 10.2 Å². The lowest BCUT2D eigenvalue weighted by atomic mass is 9.82. The first-order valence-electron chi connectivity index (χ1n) is 7.53. The predicted octanol–water partition coefficient (Wildman–Crippen LogP) is 0.782. The van der Waals surface area contributed by atoms with E-state index >= 15 is 0 Å². The molecular formula is C15H22N2O4. The van der Waals surface area contributed by atoms with Gasteiger partial charge in [-0.1, -0.05) is 12.2 Å². The highest BCUT2D eigenvalue weighted by atomic mass is 16.4. The Labute approximate surface area is 124 Å². The van der Waals surface area contributed by atoms with Crippen molar-refractivity contribution in [2.24, 2.45) is 11.8 Å². The highest BCUT2D eigenvalue weighted by molar-refractivity contribution is 5.85. The van der Waals surface area contributed by atoms with E-state index in [0.717, 1.165) is 13.0 Å². The van der Waals surface area contributed by atoms with E-state index in [1.807, 2.05) is 17.1 Å². The maximum atomic E-state index is 12.1. The molecule has 2 rings (SSSR count). The Bertz CT molecular complexity index is 447. The molecule has 1 fully saturated rings. The first-order chi connectivity index (χ1) is 10.1. The number of likely N-dealkylation sites (tertiary alicyclic amines) is 1. The number of carbonyl (C=O) groups excluding carboxylic acids is 2. The van der Waals surface area contributed by atoms with Crippen LogP contribution in [-0.2, 0) is 14.4 Å². The van der Waals surface area contributed by atoms with E-state index < -0.39 is 17.8 Å². The van der Waals surface area contributed by atoms with Crippen LogP contribution in [0.3, 0.4) is 0 Å². The lowest BCUT2D eigenvalue weighted by molar-refractivity contribution is -0.147. The number of aliphatic carboxylic acids is 1. The van der Waals surface area contributed by atoms with Crippen LogP contribution in [-0.4, -0.2) is 47.4 Å². The van der Waals surface area contributed by atoms with Gasteiger partial charge in [-0.15, -0.1) is 0 Å². The van der Waals surface area contributed by atoms with Gasteiger partial charge in [-0.05, 0) is 25.7 Å². The third kappa shape index (κ3) is 4.06. The molecule has 1 saturated heterocycles. The number of rotatable bonds is 6. The molecule has 0 bridgehead atoms. The molecule has 0 aromatic carbocycles. The fourth-order valence-electron chi connectivity index (χ4n) is 2.93. The van der Waals surface area contributed by atoms with Crippen LogP contribution in [0.15, 0.2) is 12.2 Å². The lowest BCUT2D eigenvalue weighted by Gasteiger charge is -2.24. The normalized spacial score (nSPS) is 25.1. The number of carboxylic acids is 1. The molecule has 1 aliphatic carbocycles. The minimum atomic E-state index is -0.915. The van der Waals surface area contributed by atoms with Gasteiger partial charge in [0.25, 0.3) is 0 Å². The second kappa shape index (κ2) is 7.24. The Hall–Kier alpha value is -1.85. The quantitative estimate of drug-likeness (QED) is 0.560. The smallest absolute Gasteiger partial charge is 0.307 e. The number of carbonyl (C=O) groups is 3. The van der Waals surface area contributed by atoms with Gasteiger partial charge in [0.15, 0.2) is 0 Å². The van der Waals surface area contributed by atoms with E-state index in [-0.39, 0.29) is 11.8 Å². The van der Waals surface area contributed by atoms with Crippen LogP contribution < -0.4 is 5.32 Å². The first-order valence-corrected chi connectivity index (χ1v) is 7.53. The molecule has 2 aliphatic rings. The summed E-state index contributed by atoms with van der Waals surface area (Å²) in [6, 6.07) is 0. The van der Waals surface area contributed by atoms with Crippen molar-refractivity contribution < 1.29 is 19.5 Å². The van der Waals surface area contributed by atoms with Gasteiger partial charge in [0, 0.05) is 26.1 Å². The zero-order chi connectivity index (χ0) is 15.2. The molecule has 116 valence electrons. The lowest BCUT2D eigenvalue weighted by Crippen LogP contribution is -2.39. The van der Waals surface area contributed by atoms with Gasteiger partial charge in [-0.25, -0.2) is 0 Å². The van der Waals surface area contributed by atoms with Crippen molar-refractivity contribution in [1.29, 1.82) is 0 Å². The number of allylic oxidation sites excluding steroid dienone is 2. The van der Waals surface area contributed by atoms with Gasteiger partial charge < -0.3 is 15.3 Å². The van der Waals surface area contributed by atoms with Crippen molar-refractivity contribution in [3.05, 3.63) is 12.2 Å². The summed E-state index contributed by atoms with van der Waals surface area (Å²) in [7, 11) is 0. The summed E-state index contributed by atoms with van der Waals surface area (Å²) in [4.78, 5) is 36.5. The van der Waals surface area contributed by atoms with Crippen LogP contribution in [0.2, 0.25) is 0 Å². The number of hydrogen-bond donors (Lipinski definition) is 2. The van der Waals surface area contributed by atoms with E-state index in [9.17, 15) is 14.4 Å². The highest BCUT2D eigenvalue weighted by Gasteiger charge is 2.33. The third-order valence-electron chi connectivity index (χ3n) is 4.16. The molecule has 6 heteroatoms. The summed E-state index contributed by atoms with van der Waals surface area (Å²) >= 11 is 0. The van der Waals surface area contributed by atoms with Crippen LogP contribution >= 0.6 is 0 Å². The predicted molar refractivity (Wildman–Crippen MR) is 76.4 cm³/mol. The van der Waals surface area contributed by atoms with Crippen LogP contribution in [0.5, 0.6) is 0 Å². The largest absolute Gasteiger partial charge is 0.481 e. The summed E-state index contributed by atoms with van der Waals surface area (Å²) in [5.74, 6) is -2.04. The van der Waals surface area contributed by atoms with Gasteiger partial charge in [-0.3, -0.25) is 14.4 Å². The van der Waals surface area contributed by atoms with Gasteiger partial charge in [-0.2, -0.15) is 0 Å². The van der Waals surface area contributed by atoms with Gasteiger partial charge in [0.2, 0.25) is 11.8 Å². The molecule has 0 saturated carbocycles. The Morgan fingerprint density at radius 3 is 2.62 bits per heavy atom. The first kappa shape index (κ1) is 15.5. The molecule has 0 aromatic rings. The summed E-state index contributed by atoms with van der Waals surface area (Å²) in [5, 5.41) is 11.9. The zero-order valence-corrected chi connectivity index (χ0v) is 12.1. The zero-order valence-electron chi connectivity index (χ0n) is 12.1. The van der Waals surface area contributed by atoms with E-state index in [2.05, 4.69) is 5.32 Å². The van der Waals surface area contributed by atoms with Crippen LogP contribution in [0, 0.1) is 11.8 Å². The molecule has 2 atom stereocenters. The van der Waals surface area contributed by atoms with Crippen LogP contribution in [0.1, 0.15) is 32.1 Å². The molecule has 21 heavy (non-hydrogen) atoms. The average Bonchev–Trinajstić information content (AvgIpc) is 2.88. The van der Waals surface area contributed by atoms with Gasteiger partial charge in [0.05, 0.1) is 11.8 Å². The van der Waals surface area contributed by atoms with Crippen molar-refractivity contribution in [3.8, 4) is 0 Å². The minimum Gasteiger partial charge on any atom is -0.481 e. The summed E-state index contributed by atoms with van der Waals surface area (Å²) in [5.41, 5.74) is 0. The van der Waals surface area contributed by atoms with E-state index in [4.69, 9.17) is 5.11 Å². The fourth-order valence-corrected chi connectivity index (χ4v) is 2.93. The van der Waals surface area contributed by atoms with E-state index in [1.165, 1.54) is 0 Å². The Balaban J connectivity index is 1.72. The molecular weight excluding hydrogens is 272 g/mol. The summed E-state index contributed by atoms with van der Waals surface area (Å²) < 4.78 is 0. The maximum Gasteiger partial charge on any atom is 0.307 e. The molecule has 0 radical (unpaired) electrons. The minimum absolute atomic E-state index is 0.185. The molecule has 2 amide bonds. The number of carboxylic acid groups (broad SMARTS) is 1. The van der Waals surface area contributed by atoms with Crippen molar-refractivity contribution >= 4 is 17.8 Å². The average molecular weight is 294 g/mol. The number of amides is 2. The molecule has 0 aromatic heterocycles. The molecule has 0 spiro atoms. The van der Waals surface area contributed by atoms with Crippen molar-refractivity contribution in [3.63, 3.8) is 0 Å².